The van der Waals surface area contributed by atoms with Crippen molar-refractivity contribution in [3.05, 3.63) is 29.8 Å². The van der Waals surface area contributed by atoms with Crippen LogP contribution in [0.2, 0.25) is 0 Å². The van der Waals surface area contributed by atoms with E-state index in [4.69, 9.17) is 4.74 Å². The number of rotatable bonds is 3. The fraction of sp³-hybridized carbons (Fsp3) is 0.467. The lowest BCUT2D eigenvalue weighted by atomic mass is 9.96. The lowest BCUT2D eigenvalue weighted by Crippen LogP contribution is -2.45. The number of urea groups is 1. The molecule has 1 fully saturated rings. The van der Waals surface area contributed by atoms with Gasteiger partial charge < -0.3 is 10.1 Å². The van der Waals surface area contributed by atoms with Crippen LogP contribution in [0, 0.1) is 0 Å². The first-order valence-corrected chi connectivity index (χ1v) is 6.95. The topological polar surface area (TPSA) is 67.4 Å². The minimum Gasteiger partial charge on any atom is -0.497 e. The molecule has 0 unspecified atom stereocenters. The van der Waals surface area contributed by atoms with Crippen LogP contribution in [-0.4, -0.2) is 25.1 Å². The molecule has 0 saturated heterocycles. The average molecular weight is 276 g/mol. The highest BCUT2D eigenvalue weighted by atomic mass is 16.5. The molecule has 1 aliphatic carbocycles. The van der Waals surface area contributed by atoms with Crippen LogP contribution in [-0.2, 0) is 0 Å². The van der Waals surface area contributed by atoms with Crippen LogP contribution in [0.5, 0.6) is 5.75 Å². The van der Waals surface area contributed by atoms with E-state index in [1.807, 2.05) is 0 Å². The number of imide groups is 1. The molecule has 2 N–H and O–H groups in total. The summed E-state index contributed by atoms with van der Waals surface area (Å²) in [7, 11) is 1.56. The Bertz CT molecular complexity index is 465. The summed E-state index contributed by atoms with van der Waals surface area (Å²) in [5, 5.41) is 5.20. The van der Waals surface area contributed by atoms with Crippen molar-refractivity contribution in [2.75, 3.05) is 7.11 Å². The summed E-state index contributed by atoms with van der Waals surface area (Å²) in [5.41, 5.74) is 0.435. The summed E-state index contributed by atoms with van der Waals surface area (Å²) in [4.78, 5) is 23.6. The molecule has 1 saturated carbocycles. The Morgan fingerprint density at radius 3 is 2.35 bits per heavy atom. The first-order chi connectivity index (χ1) is 9.69. The molecule has 2 rings (SSSR count). The van der Waals surface area contributed by atoms with Crippen molar-refractivity contribution >= 4 is 11.9 Å². The number of benzene rings is 1. The van der Waals surface area contributed by atoms with Crippen molar-refractivity contribution in [2.24, 2.45) is 0 Å². The summed E-state index contributed by atoms with van der Waals surface area (Å²) in [6, 6.07) is 6.40. The number of methoxy groups -OCH3 is 1. The van der Waals surface area contributed by atoms with E-state index in [2.05, 4.69) is 10.6 Å². The zero-order valence-corrected chi connectivity index (χ0v) is 11.6. The van der Waals surface area contributed by atoms with Crippen molar-refractivity contribution in [2.45, 2.75) is 38.1 Å². The van der Waals surface area contributed by atoms with Crippen LogP contribution in [0.25, 0.3) is 0 Å². The fourth-order valence-corrected chi connectivity index (χ4v) is 2.39. The van der Waals surface area contributed by atoms with Crippen LogP contribution in [0.15, 0.2) is 24.3 Å². The summed E-state index contributed by atoms with van der Waals surface area (Å²) in [5.74, 6) is 0.272. The molecular weight excluding hydrogens is 256 g/mol. The maximum absolute atomic E-state index is 11.9. The third kappa shape index (κ3) is 3.98. The second-order valence-corrected chi connectivity index (χ2v) is 4.99. The first-order valence-electron chi connectivity index (χ1n) is 6.95. The third-order valence-electron chi connectivity index (χ3n) is 3.52. The first kappa shape index (κ1) is 14.4. The van der Waals surface area contributed by atoms with Gasteiger partial charge in [0.25, 0.3) is 5.91 Å². The predicted molar refractivity (Wildman–Crippen MR) is 75.9 cm³/mol. The minimum absolute atomic E-state index is 0.187. The summed E-state index contributed by atoms with van der Waals surface area (Å²) >= 11 is 0. The smallest absolute Gasteiger partial charge is 0.321 e. The van der Waals surface area contributed by atoms with E-state index in [9.17, 15) is 9.59 Å². The number of hydrogen-bond acceptors (Lipinski definition) is 3. The molecule has 1 aromatic carbocycles. The number of carbonyl (C=O) groups is 2. The molecule has 0 heterocycles. The molecule has 0 bridgehead atoms. The van der Waals surface area contributed by atoms with Crippen LogP contribution in [0.3, 0.4) is 0 Å². The number of carbonyl (C=O) groups excluding carboxylic acids is 2. The SMILES string of the molecule is COc1ccc(C(=O)NC(=O)NC2CCCCC2)cc1. The Balaban J connectivity index is 1.84. The molecule has 108 valence electrons. The van der Waals surface area contributed by atoms with Crippen molar-refractivity contribution < 1.29 is 14.3 Å². The quantitative estimate of drug-likeness (QED) is 0.891. The van der Waals surface area contributed by atoms with E-state index < -0.39 is 11.9 Å². The molecule has 5 heteroatoms. The van der Waals surface area contributed by atoms with Gasteiger partial charge in [0.05, 0.1) is 7.11 Å². The molecule has 0 radical (unpaired) electrons. The number of ether oxygens (including phenoxy) is 1. The molecule has 0 spiro atoms. The van der Waals surface area contributed by atoms with Gasteiger partial charge in [-0.05, 0) is 37.1 Å². The van der Waals surface area contributed by atoms with Crippen LogP contribution in [0.1, 0.15) is 42.5 Å². The van der Waals surface area contributed by atoms with Crippen LogP contribution >= 0.6 is 0 Å². The Hall–Kier alpha value is -2.04. The Morgan fingerprint density at radius 2 is 1.75 bits per heavy atom. The van der Waals surface area contributed by atoms with E-state index in [1.165, 1.54) is 6.42 Å². The van der Waals surface area contributed by atoms with E-state index in [0.29, 0.717) is 11.3 Å². The Labute approximate surface area is 118 Å². The van der Waals surface area contributed by atoms with Gasteiger partial charge in [-0.25, -0.2) is 4.79 Å². The normalized spacial score (nSPS) is 15.4. The summed E-state index contributed by atoms with van der Waals surface area (Å²) < 4.78 is 5.02. The van der Waals surface area contributed by atoms with Gasteiger partial charge in [0.1, 0.15) is 5.75 Å². The van der Waals surface area contributed by atoms with Gasteiger partial charge in [-0.2, -0.15) is 0 Å². The lowest BCUT2D eigenvalue weighted by molar-refractivity contribution is 0.0963. The highest BCUT2D eigenvalue weighted by Crippen LogP contribution is 2.17. The van der Waals surface area contributed by atoms with Crippen molar-refractivity contribution in [1.29, 1.82) is 0 Å². The molecule has 0 aliphatic heterocycles. The molecule has 0 aromatic heterocycles. The number of nitrogens with one attached hydrogen (secondary N) is 2. The highest BCUT2D eigenvalue weighted by Gasteiger charge is 2.17. The monoisotopic (exact) mass is 276 g/mol. The maximum atomic E-state index is 11.9. The van der Waals surface area contributed by atoms with E-state index in [-0.39, 0.29) is 6.04 Å². The Kier molecular flexibility index (Phi) is 4.98. The van der Waals surface area contributed by atoms with Gasteiger partial charge in [-0.3, -0.25) is 10.1 Å². The average Bonchev–Trinajstić information content (AvgIpc) is 2.48. The molecule has 20 heavy (non-hydrogen) atoms. The van der Waals surface area contributed by atoms with Crippen LogP contribution < -0.4 is 15.4 Å². The van der Waals surface area contributed by atoms with Gasteiger partial charge in [-0.1, -0.05) is 19.3 Å². The highest BCUT2D eigenvalue weighted by molar-refractivity contribution is 6.04. The van der Waals surface area contributed by atoms with E-state index >= 15 is 0 Å². The number of hydrogen-bond donors (Lipinski definition) is 2. The maximum Gasteiger partial charge on any atom is 0.321 e. The second kappa shape index (κ2) is 6.93. The molecule has 1 aromatic rings. The van der Waals surface area contributed by atoms with Crippen LogP contribution in [0.4, 0.5) is 4.79 Å². The molecule has 3 amide bonds. The zero-order chi connectivity index (χ0) is 14.4. The summed E-state index contributed by atoms with van der Waals surface area (Å²) in [6.45, 7) is 0. The minimum atomic E-state index is -0.419. The molecule has 0 atom stereocenters. The second-order valence-electron chi connectivity index (χ2n) is 4.99. The van der Waals surface area contributed by atoms with Crippen molar-refractivity contribution in [1.82, 2.24) is 10.6 Å². The largest absolute Gasteiger partial charge is 0.497 e. The zero-order valence-electron chi connectivity index (χ0n) is 11.6. The van der Waals surface area contributed by atoms with Crippen molar-refractivity contribution in [3.8, 4) is 5.75 Å². The fourth-order valence-electron chi connectivity index (χ4n) is 2.39. The molecular formula is C15H20N2O3. The molecule has 1 aliphatic rings. The number of amides is 3. The van der Waals surface area contributed by atoms with E-state index in [1.54, 1.807) is 31.4 Å². The standard InChI is InChI=1S/C15H20N2O3/c1-20-13-9-7-11(8-10-13)14(18)17-15(19)16-12-5-3-2-4-6-12/h7-10,12H,2-6H2,1H3,(H2,16,17,18,19). The van der Waals surface area contributed by atoms with Crippen molar-refractivity contribution in [3.63, 3.8) is 0 Å². The Morgan fingerprint density at radius 1 is 1.10 bits per heavy atom. The lowest BCUT2D eigenvalue weighted by Gasteiger charge is -2.22. The van der Waals surface area contributed by atoms with Gasteiger partial charge in [-0.15, -0.1) is 0 Å². The summed E-state index contributed by atoms with van der Waals surface area (Å²) in [6.07, 6.45) is 5.48. The predicted octanol–water partition coefficient (Wildman–Crippen LogP) is 2.47. The van der Waals surface area contributed by atoms with Gasteiger partial charge in [0.15, 0.2) is 0 Å². The van der Waals surface area contributed by atoms with Gasteiger partial charge in [0, 0.05) is 11.6 Å². The molecule has 5 nitrogen and oxygen atoms in total. The van der Waals surface area contributed by atoms with Gasteiger partial charge >= 0.3 is 6.03 Å². The van der Waals surface area contributed by atoms with Gasteiger partial charge in [0.2, 0.25) is 0 Å². The van der Waals surface area contributed by atoms with E-state index in [0.717, 1.165) is 25.7 Å². The third-order valence-corrected chi connectivity index (χ3v) is 3.52.